The van der Waals surface area contributed by atoms with E-state index in [0.717, 1.165) is 10.0 Å². The number of hydrogen-bond donors (Lipinski definition) is 1. The molecule has 17 heavy (non-hydrogen) atoms. The van der Waals surface area contributed by atoms with Gasteiger partial charge >= 0.3 is 6.03 Å². The van der Waals surface area contributed by atoms with Crippen LogP contribution in [0.4, 0.5) is 4.79 Å². The molecule has 1 saturated heterocycles. The predicted molar refractivity (Wildman–Crippen MR) is 68.7 cm³/mol. The van der Waals surface area contributed by atoms with E-state index in [0.29, 0.717) is 13.1 Å². The van der Waals surface area contributed by atoms with E-state index in [9.17, 15) is 4.79 Å². The molecular formula is C12H15BrN2O2. The molecule has 1 aromatic carbocycles. The van der Waals surface area contributed by atoms with E-state index in [4.69, 9.17) is 5.11 Å². The minimum absolute atomic E-state index is 0.00475. The van der Waals surface area contributed by atoms with Gasteiger partial charge in [-0.15, -0.1) is 0 Å². The van der Waals surface area contributed by atoms with Crippen LogP contribution in [0.1, 0.15) is 11.6 Å². The Balaban J connectivity index is 2.20. The SMILES string of the molecule is CN1C(=O)N(CCO)CC1c1cccc(Br)c1. The highest BCUT2D eigenvalue weighted by atomic mass is 79.9. The van der Waals surface area contributed by atoms with Crippen molar-refractivity contribution >= 4 is 22.0 Å². The molecule has 1 aliphatic rings. The van der Waals surface area contributed by atoms with Gasteiger partial charge in [-0.2, -0.15) is 0 Å². The normalized spacial score (nSPS) is 20.2. The number of aliphatic hydroxyl groups is 1. The van der Waals surface area contributed by atoms with Crippen LogP contribution in [-0.4, -0.2) is 47.7 Å². The number of rotatable bonds is 3. The maximum absolute atomic E-state index is 11.9. The second kappa shape index (κ2) is 5.06. The summed E-state index contributed by atoms with van der Waals surface area (Å²) in [5.41, 5.74) is 1.11. The summed E-state index contributed by atoms with van der Waals surface area (Å²) in [5.74, 6) is 0. The van der Waals surface area contributed by atoms with Crippen molar-refractivity contribution in [2.75, 3.05) is 26.7 Å². The van der Waals surface area contributed by atoms with Crippen molar-refractivity contribution in [2.45, 2.75) is 6.04 Å². The quantitative estimate of drug-likeness (QED) is 0.925. The number of likely N-dealkylation sites (N-methyl/N-ethyl adjacent to an activating group) is 1. The van der Waals surface area contributed by atoms with Crippen molar-refractivity contribution in [1.82, 2.24) is 9.80 Å². The molecule has 1 atom stereocenters. The van der Waals surface area contributed by atoms with Gasteiger partial charge in [0.05, 0.1) is 12.6 Å². The van der Waals surface area contributed by atoms with E-state index in [2.05, 4.69) is 15.9 Å². The number of halogens is 1. The first kappa shape index (κ1) is 12.4. The summed E-state index contributed by atoms with van der Waals surface area (Å²) in [6, 6.07) is 8.01. The summed E-state index contributed by atoms with van der Waals surface area (Å²) in [6.07, 6.45) is 0. The highest BCUT2D eigenvalue weighted by Gasteiger charge is 2.34. The van der Waals surface area contributed by atoms with E-state index in [1.807, 2.05) is 24.3 Å². The number of urea groups is 1. The summed E-state index contributed by atoms with van der Waals surface area (Å²) in [4.78, 5) is 15.3. The Labute approximate surface area is 109 Å². The zero-order chi connectivity index (χ0) is 12.4. The molecule has 1 aromatic rings. The van der Waals surface area contributed by atoms with Gasteiger partial charge in [0.25, 0.3) is 0 Å². The largest absolute Gasteiger partial charge is 0.395 e. The number of carbonyl (C=O) groups is 1. The Hall–Kier alpha value is -1.07. The molecule has 5 heteroatoms. The van der Waals surface area contributed by atoms with Crippen molar-refractivity contribution in [3.8, 4) is 0 Å². The fourth-order valence-electron chi connectivity index (χ4n) is 2.12. The summed E-state index contributed by atoms with van der Waals surface area (Å²) in [5, 5.41) is 8.91. The van der Waals surface area contributed by atoms with Crippen molar-refractivity contribution in [3.63, 3.8) is 0 Å². The summed E-state index contributed by atoms with van der Waals surface area (Å²) >= 11 is 3.43. The topological polar surface area (TPSA) is 43.8 Å². The molecule has 1 fully saturated rings. The third-order valence-corrected chi connectivity index (χ3v) is 3.53. The van der Waals surface area contributed by atoms with Gasteiger partial charge in [0, 0.05) is 24.6 Å². The standard InChI is InChI=1S/C12H15BrN2O2/c1-14-11(8-15(5-6-16)12(14)17)9-3-2-4-10(13)7-9/h2-4,7,11,16H,5-6,8H2,1H3. The van der Waals surface area contributed by atoms with Crippen LogP contribution in [0.3, 0.4) is 0 Å². The van der Waals surface area contributed by atoms with Gasteiger partial charge in [-0.05, 0) is 17.7 Å². The number of carbonyl (C=O) groups excluding carboxylic acids is 1. The lowest BCUT2D eigenvalue weighted by Gasteiger charge is -2.18. The van der Waals surface area contributed by atoms with E-state index < -0.39 is 0 Å². The van der Waals surface area contributed by atoms with Crippen LogP contribution in [0.15, 0.2) is 28.7 Å². The molecule has 0 bridgehead atoms. The van der Waals surface area contributed by atoms with E-state index in [1.165, 1.54) is 0 Å². The fraction of sp³-hybridized carbons (Fsp3) is 0.417. The summed E-state index contributed by atoms with van der Waals surface area (Å²) < 4.78 is 1.01. The minimum atomic E-state index is -0.0241. The number of β-amino-alcohol motifs (C(OH)–C–C–N with tert-alkyl or cyclic N) is 1. The zero-order valence-corrected chi connectivity index (χ0v) is 11.2. The first-order valence-electron chi connectivity index (χ1n) is 5.51. The Morgan fingerprint density at radius 2 is 2.29 bits per heavy atom. The van der Waals surface area contributed by atoms with Crippen LogP contribution in [0.2, 0.25) is 0 Å². The molecule has 92 valence electrons. The van der Waals surface area contributed by atoms with Crippen molar-refractivity contribution in [2.24, 2.45) is 0 Å². The molecule has 1 N–H and O–H groups in total. The third kappa shape index (κ3) is 2.45. The lowest BCUT2D eigenvalue weighted by molar-refractivity contribution is 0.182. The van der Waals surface area contributed by atoms with Crippen LogP contribution in [-0.2, 0) is 0 Å². The van der Waals surface area contributed by atoms with Crippen LogP contribution in [0.25, 0.3) is 0 Å². The Bertz CT molecular complexity index is 425. The highest BCUT2D eigenvalue weighted by Crippen LogP contribution is 2.29. The molecular weight excluding hydrogens is 284 g/mol. The van der Waals surface area contributed by atoms with Crippen LogP contribution in [0, 0.1) is 0 Å². The second-order valence-corrected chi connectivity index (χ2v) is 5.05. The number of amides is 2. The lowest BCUT2D eigenvalue weighted by atomic mass is 10.1. The van der Waals surface area contributed by atoms with Crippen LogP contribution < -0.4 is 0 Å². The summed E-state index contributed by atoms with van der Waals surface area (Å²) in [6.45, 7) is 1.03. The van der Waals surface area contributed by atoms with Crippen LogP contribution >= 0.6 is 15.9 Å². The van der Waals surface area contributed by atoms with Crippen molar-refractivity contribution in [3.05, 3.63) is 34.3 Å². The minimum Gasteiger partial charge on any atom is -0.395 e. The monoisotopic (exact) mass is 298 g/mol. The first-order valence-corrected chi connectivity index (χ1v) is 6.31. The number of nitrogens with zero attached hydrogens (tertiary/aromatic N) is 2. The van der Waals surface area contributed by atoms with Gasteiger partial charge in [-0.1, -0.05) is 28.1 Å². The van der Waals surface area contributed by atoms with E-state index in [-0.39, 0.29) is 18.7 Å². The molecule has 0 saturated carbocycles. The van der Waals surface area contributed by atoms with Gasteiger partial charge in [-0.25, -0.2) is 4.79 Å². The van der Waals surface area contributed by atoms with Gasteiger partial charge in [-0.3, -0.25) is 0 Å². The number of benzene rings is 1. The van der Waals surface area contributed by atoms with E-state index in [1.54, 1.807) is 16.8 Å². The van der Waals surface area contributed by atoms with Gasteiger partial charge in [0.15, 0.2) is 0 Å². The average molecular weight is 299 g/mol. The molecule has 1 unspecified atom stereocenters. The maximum Gasteiger partial charge on any atom is 0.320 e. The molecule has 0 aliphatic carbocycles. The van der Waals surface area contributed by atoms with Crippen LogP contribution in [0.5, 0.6) is 0 Å². The number of aliphatic hydroxyl groups excluding tert-OH is 1. The molecule has 1 heterocycles. The second-order valence-electron chi connectivity index (χ2n) is 4.13. The molecule has 2 amide bonds. The number of hydrogen-bond acceptors (Lipinski definition) is 2. The summed E-state index contributed by atoms with van der Waals surface area (Å²) in [7, 11) is 1.80. The predicted octanol–water partition coefficient (Wildman–Crippen LogP) is 1.85. The smallest absolute Gasteiger partial charge is 0.320 e. The first-order chi connectivity index (χ1) is 8.13. The Morgan fingerprint density at radius 1 is 1.53 bits per heavy atom. The molecule has 0 spiro atoms. The van der Waals surface area contributed by atoms with Crippen molar-refractivity contribution in [1.29, 1.82) is 0 Å². The molecule has 0 aromatic heterocycles. The Morgan fingerprint density at radius 3 is 2.94 bits per heavy atom. The highest BCUT2D eigenvalue weighted by molar-refractivity contribution is 9.10. The van der Waals surface area contributed by atoms with Gasteiger partial charge < -0.3 is 14.9 Å². The van der Waals surface area contributed by atoms with Crippen molar-refractivity contribution < 1.29 is 9.90 Å². The van der Waals surface area contributed by atoms with Gasteiger partial charge in [0.2, 0.25) is 0 Å². The third-order valence-electron chi connectivity index (χ3n) is 3.04. The maximum atomic E-state index is 11.9. The molecule has 2 rings (SSSR count). The lowest BCUT2D eigenvalue weighted by Crippen LogP contribution is -2.31. The molecule has 0 radical (unpaired) electrons. The van der Waals surface area contributed by atoms with Gasteiger partial charge in [0.1, 0.15) is 0 Å². The fourth-order valence-corrected chi connectivity index (χ4v) is 2.53. The molecule has 4 nitrogen and oxygen atoms in total. The average Bonchev–Trinajstić information content (AvgIpc) is 2.58. The molecule has 1 aliphatic heterocycles. The Kier molecular flexibility index (Phi) is 3.69. The van der Waals surface area contributed by atoms with E-state index >= 15 is 0 Å². The zero-order valence-electron chi connectivity index (χ0n) is 9.64.